The minimum absolute atomic E-state index is 0.0291. The van der Waals surface area contributed by atoms with Gasteiger partial charge in [-0.1, -0.05) is 25.5 Å². The standard InChI is InChI=1S/C29H39N3O8/c1-3-4-10-31(11-9-30)26(34)15-32-14-21(19-12-20(16-33)28-25(13-19)39-18-40-28)27(29(35)36)22(32)17-38-24-8-6-5-7-23(24)37-2/h5-8,12-13,21-22,27,33H,3-4,9-11,14-18,30H2,1-2H3,(H,35,36)/t21-,22+,27-/m1/s1. The fourth-order valence-electron chi connectivity index (χ4n) is 5.53. The third-order valence-corrected chi connectivity index (χ3v) is 7.55. The summed E-state index contributed by atoms with van der Waals surface area (Å²) in [4.78, 5) is 29.9. The van der Waals surface area contributed by atoms with Crippen LogP contribution in [0.3, 0.4) is 0 Å². The van der Waals surface area contributed by atoms with Crippen molar-refractivity contribution < 1.29 is 38.7 Å². The Hall–Kier alpha value is -3.54. The number of aliphatic hydroxyl groups excluding tert-OH is 1. The molecule has 4 rings (SSSR count). The van der Waals surface area contributed by atoms with E-state index in [0.717, 1.165) is 12.8 Å². The zero-order chi connectivity index (χ0) is 28.6. The molecule has 2 aliphatic heterocycles. The number of nitrogens with two attached hydrogens (primary N) is 1. The van der Waals surface area contributed by atoms with Gasteiger partial charge in [0.05, 0.1) is 32.2 Å². The van der Waals surface area contributed by atoms with Gasteiger partial charge in [0.15, 0.2) is 23.0 Å². The Morgan fingerprint density at radius 3 is 2.62 bits per heavy atom. The number of rotatable bonds is 14. The zero-order valence-electron chi connectivity index (χ0n) is 23.1. The monoisotopic (exact) mass is 557 g/mol. The maximum Gasteiger partial charge on any atom is 0.308 e. The second-order valence-corrected chi connectivity index (χ2v) is 10.0. The van der Waals surface area contributed by atoms with Gasteiger partial charge in [-0.3, -0.25) is 14.5 Å². The number of methoxy groups -OCH3 is 1. The van der Waals surface area contributed by atoms with Crippen LogP contribution in [-0.4, -0.2) is 91.2 Å². The van der Waals surface area contributed by atoms with Gasteiger partial charge in [-0.25, -0.2) is 0 Å². The number of fused-ring (bicyclic) bond motifs is 1. The Morgan fingerprint density at radius 2 is 1.95 bits per heavy atom. The first-order valence-electron chi connectivity index (χ1n) is 13.7. The van der Waals surface area contributed by atoms with Gasteiger partial charge in [0.1, 0.15) is 6.61 Å². The Bertz CT molecular complexity index is 1180. The second-order valence-electron chi connectivity index (χ2n) is 10.0. The highest BCUT2D eigenvalue weighted by atomic mass is 16.7. The third-order valence-electron chi connectivity index (χ3n) is 7.55. The Morgan fingerprint density at radius 1 is 1.18 bits per heavy atom. The molecular weight excluding hydrogens is 518 g/mol. The molecule has 11 nitrogen and oxygen atoms in total. The van der Waals surface area contributed by atoms with Crippen molar-refractivity contribution in [2.45, 2.75) is 38.3 Å². The fourth-order valence-corrected chi connectivity index (χ4v) is 5.53. The average Bonchev–Trinajstić information content (AvgIpc) is 3.58. The molecule has 0 radical (unpaired) electrons. The van der Waals surface area contributed by atoms with Crippen molar-refractivity contribution in [3.63, 3.8) is 0 Å². The first-order chi connectivity index (χ1) is 19.4. The molecule has 2 aromatic carbocycles. The predicted molar refractivity (Wildman–Crippen MR) is 147 cm³/mol. The van der Waals surface area contributed by atoms with Gasteiger partial charge in [-0.2, -0.15) is 0 Å². The van der Waals surface area contributed by atoms with Gasteiger partial charge in [0.25, 0.3) is 0 Å². The van der Waals surface area contributed by atoms with Gasteiger partial charge in [-0.05, 0) is 36.2 Å². The summed E-state index contributed by atoms with van der Waals surface area (Å²) >= 11 is 0. The zero-order valence-corrected chi connectivity index (χ0v) is 23.1. The quantitative estimate of drug-likeness (QED) is 0.316. The van der Waals surface area contributed by atoms with Crippen LogP contribution < -0.4 is 24.7 Å². The molecule has 1 amide bonds. The molecule has 0 unspecified atom stereocenters. The van der Waals surface area contributed by atoms with Gasteiger partial charge >= 0.3 is 5.97 Å². The molecule has 4 N–H and O–H groups in total. The van der Waals surface area contributed by atoms with Crippen LogP contribution in [0.5, 0.6) is 23.0 Å². The van der Waals surface area contributed by atoms with E-state index in [2.05, 4.69) is 6.92 Å². The highest BCUT2D eigenvalue weighted by Gasteiger charge is 2.48. The average molecular weight is 558 g/mol. The molecular formula is C29H39N3O8. The number of carbonyl (C=O) groups is 2. The lowest BCUT2D eigenvalue weighted by atomic mass is 9.84. The minimum Gasteiger partial charge on any atom is -0.493 e. The Labute approximate surface area is 234 Å². The lowest BCUT2D eigenvalue weighted by Gasteiger charge is -2.29. The van der Waals surface area contributed by atoms with Crippen molar-refractivity contribution in [2.24, 2.45) is 11.7 Å². The van der Waals surface area contributed by atoms with Crippen molar-refractivity contribution in [1.82, 2.24) is 9.80 Å². The summed E-state index contributed by atoms with van der Waals surface area (Å²) in [6, 6.07) is 10.1. The molecule has 0 saturated carbocycles. The molecule has 11 heteroatoms. The number of likely N-dealkylation sites (tertiary alicyclic amines) is 1. The molecule has 1 fully saturated rings. The molecule has 0 spiro atoms. The number of unbranched alkanes of at least 4 members (excludes halogenated alkanes) is 1. The summed E-state index contributed by atoms with van der Waals surface area (Å²) in [7, 11) is 1.54. The van der Waals surface area contributed by atoms with E-state index in [9.17, 15) is 19.8 Å². The van der Waals surface area contributed by atoms with Crippen molar-refractivity contribution in [3.05, 3.63) is 47.5 Å². The smallest absolute Gasteiger partial charge is 0.308 e. The van der Waals surface area contributed by atoms with Crippen LogP contribution in [0, 0.1) is 5.92 Å². The number of para-hydroxylation sites is 2. The van der Waals surface area contributed by atoms with E-state index in [1.807, 2.05) is 17.0 Å². The normalized spacial score (nSPS) is 19.9. The summed E-state index contributed by atoms with van der Waals surface area (Å²) < 4.78 is 22.6. The van der Waals surface area contributed by atoms with E-state index in [4.69, 9.17) is 24.7 Å². The number of aliphatic hydroxyl groups is 1. The molecule has 3 atom stereocenters. The first kappa shape index (κ1) is 29.4. The fraction of sp³-hybridized carbons (Fsp3) is 0.517. The van der Waals surface area contributed by atoms with Crippen molar-refractivity contribution in [1.29, 1.82) is 0 Å². The number of carboxylic acid groups (broad SMARTS) is 1. The summed E-state index contributed by atoms with van der Waals surface area (Å²) in [6.07, 6.45) is 1.79. The van der Waals surface area contributed by atoms with Gasteiger partial charge in [0.2, 0.25) is 12.7 Å². The molecule has 1 saturated heterocycles. The molecule has 0 aromatic heterocycles. The maximum absolute atomic E-state index is 13.4. The van der Waals surface area contributed by atoms with Crippen LogP contribution in [-0.2, 0) is 16.2 Å². The van der Waals surface area contributed by atoms with Crippen LogP contribution >= 0.6 is 0 Å². The lowest BCUT2D eigenvalue weighted by Crippen LogP contribution is -2.47. The molecule has 2 aromatic rings. The number of ether oxygens (including phenoxy) is 4. The molecule has 40 heavy (non-hydrogen) atoms. The lowest BCUT2D eigenvalue weighted by molar-refractivity contribution is -0.144. The number of carbonyl (C=O) groups excluding carboxylic acids is 1. The van der Waals surface area contributed by atoms with Crippen molar-refractivity contribution in [3.8, 4) is 23.0 Å². The summed E-state index contributed by atoms with van der Waals surface area (Å²) in [5.41, 5.74) is 7.01. The number of nitrogens with zero attached hydrogens (tertiary/aromatic N) is 2. The molecule has 2 heterocycles. The number of carboxylic acids is 1. The van der Waals surface area contributed by atoms with Crippen molar-refractivity contribution >= 4 is 11.9 Å². The maximum atomic E-state index is 13.4. The minimum atomic E-state index is -0.999. The molecule has 0 aliphatic carbocycles. The van der Waals surface area contributed by atoms with E-state index in [-0.39, 0.29) is 32.5 Å². The van der Waals surface area contributed by atoms with Gasteiger partial charge in [0, 0.05) is 37.7 Å². The van der Waals surface area contributed by atoms with Crippen LogP contribution in [0.2, 0.25) is 0 Å². The number of amides is 1. The van der Waals surface area contributed by atoms with Gasteiger partial charge in [-0.15, -0.1) is 0 Å². The molecule has 218 valence electrons. The second kappa shape index (κ2) is 13.7. The Balaban J connectivity index is 1.66. The number of benzene rings is 2. The highest BCUT2D eigenvalue weighted by Crippen LogP contribution is 2.44. The first-order valence-corrected chi connectivity index (χ1v) is 13.7. The molecule has 2 aliphatic rings. The Kier molecular flexibility index (Phi) is 10.1. The summed E-state index contributed by atoms with van der Waals surface area (Å²) in [6.45, 7) is 3.55. The third kappa shape index (κ3) is 6.43. The van der Waals surface area contributed by atoms with Crippen LogP contribution in [0.1, 0.15) is 36.8 Å². The topological polar surface area (TPSA) is 144 Å². The van der Waals surface area contributed by atoms with E-state index < -0.39 is 23.8 Å². The van der Waals surface area contributed by atoms with E-state index >= 15 is 0 Å². The number of aliphatic carboxylic acids is 1. The van der Waals surface area contributed by atoms with E-state index in [1.54, 1.807) is 36.3 Å². The highest BCUT2D eigenvalue weighted by molar-refractivity contribution is 5.79. The largest absolute Gasteiger partial charge is 0.493 e. The summed E-state index contributed by atoms with van der Waals surface area (Å²) in [5, 5.41) is 20.4. The SMILES string of the molecule is CCCCN(CCN)C(=O)CN1C[C@H](c2cc(CO)c3c(c2)OCO3)[C@@H](C(=O)O)[C@@H]1COc1ccccc1OC. The summed E-state index contributed by atoms with van der Waals surface area (Å²) in [5.74, 6) is -0.536. The van der Waals surface area contributed by atoms with E-state index in [0.29, 0.717) is 60.3 Å². The van der Waals surface area contributed by atoms with Gasteiger partial charge < -0.3 is 39.8 Å². The number of hydrogen-bond acceptors (Lipinski definition) is 9. The van der Waals surface area contributed by atoms with Crippen LogP contribution in [0.25, 0.3) is 0 Å². The molecule has 0 bridgehead atoms. The van der Waals surface area contributed by atoms with Crippen molar-refractivity contribution in [2.75, 3.05) is 53.2 Å². The van der Waals surface area contributed by atoms with E-state index in [1.165, 1.54) is 0 Å². The van der Waals surface area contributed by atoms with Crippen LogP contribution in [0.15, 0.2) is 36.4 Å². The predicted octanol–water partition coefficient (Wildman–Crippen LogP) is 2.05. The number of hydrogen-bond donors (Lipinski definition) is 3. The van der Waals surface area contributed by atoms with Crippen LogP contribution in [0.4, 0.5) is 0 Å².